The molecule has 1 aromatic carbocycles. The number of hydrogen-bond donors (Lipinski definition) is 3. The summed E-state index contributed by atoms with van der Waals surface area (Å²) in [6.45, 7) is 0.540. The van der Waals surface area contributed by atoms with Crippen LogP contribution < -0.4 is 10.6 Å². The van der Waals surface area contributed by atoms with Crippen molar-refractivity contribution in [1.29, 1.82) is 0 Å². The van der Waals surface area contributed by atoms with Gasteiger partial charge in [-0.15, -0.1) is 0 Å². The van der Waals surface area contributed by atoms with E-state index in [-0.39, 0.29) is 0 Å². The molecule has 0 unspecified atom stereocenters. The molecule has 0 spiro atoms. The second-order valence-electron chi connectivity index (χ2n) is 5.01. The van der Waals surface area contributed by atoms with Gasteiger partial charge in [0.2, 0.25) is 0 Å². The molecule has 5 nitrogen and oxygen atoms in total. The van der Waals surface area contributed by atoms with Crippen LogP contribution in [0.5, 0.6) is 0 Å². The Kier molecular flexibility index (Phi) is 7.12. The number of hydrogen-bond acceptors (Lipinski definition) is 4. The van der Waals surface area contributed by atoms with E-state index in [0.29, 0.717) is 23.4 Å². The van der Waals surface area contributed by atoms with Gasteiger partial charge in [-0.25, -0.2) is 0 Å². The lowest BCUT2D eigenvalue weighted by Crippen LogP contribution is -2.22. The summed E-state index contributed by atoms with van der Waals surface area (Å²) in [6.07, 6.45) is -2.02. The number of benzene rings is 1. The van der Waals surface area contributed by atoms with Crippen molar-refractivity contribution >= 4 is 27.4 Å². The number of nitrogens with one attached hydrogen (secondary N) is 2. The molecule has 10 heteroatoms. The molecule has 23 heavy (non-hydrogen) atoms. The zero-order chi connectivity index (χ0) is 17.7. The third-order valence-electron chi connectivity index (χ3n) is 2.95. The van der Waals surface area contributed by atoms with Crippen molar-refractivity contribution in [2.45, 2.75) is 19.0 Å². The standard InChI is InChI=1S/C12H14ClF3N2.CH4O3S/c13-10-2-1-8-3-5-17-6-4-9(8)11(10)18-7-12(14,15)16;1-5(2,3)4/h1-2,17-18H,3-7H2;1H3,(H,2,3,4). The molecule has 0 fully saturated rings. The van der Waals surface area contributed by atoms with Gasteiger partial charge in [-0.05, 0) is 43.1 Å². The SMILES string of the molecule is CS(=O)(=O)O.FC(F)(F)CNc1c(Cl)ccc2c1CCNCC2. The van der Waals surface area contributed by atoms with Crippen molar-refractivity contribution < 1.29 is 26.1 Å². The molecule has 1 aromatic rings. The average Bonchev–Trinajstić information content (AvgIpc) is 2.59. The zero-order valence-corrected chi connectivity index (χ0v) is 13.9. The summed E-state index contributed by atoms with van der Waals surface area (Å²) in [5.41, 5.74) is 2.39. The molecule has 3 N–H and O–H groups in total. The fourth-order valence-corrected chi connectivity index (χ4v) is 2.37. The van der Waals surface area contributed by atoms with E-state index in [9.17, 15) is 21.6 Å². The third kappa shape index (κ3) is 8.40. The van der Waals surface area contributed by atoms with E-state index in [0.717, 1.165) is 30.6 Å². The minimum absolute atomic E-state index is 0.347. The monoisotopic (exact) mass is 374 g/mol. The quantitative estimate of drug-likeness (QED) is 0.693. The van der Waals surface area contributed by atoms with Crippen LogP contribution in [0.1, 0.15) is 11.1 Å². The van der Waals surface area contributed by atoms with Gasteiger partial charge >= 0.3 is 6.18 Å². The van der Waals surface area contributed by atoms with E-state index in [1.54, 1.807) is 6.07 Å². The van der Waals surface area contributed by atoms with Crippen LogP contribution in [0.3, 0.4) is 0 Å². The van der Waals surface area contributed by atoms with E-state index in [1.807, 2.05) is 6.07 Å². The fourth-order valence-electron chi connectivity index (χ4n) is 2.12. The van der Waals surface area contributed by atoms with Crippen LogP contribution in [0, 0.1) is 0 Å². The second kappa shape index (κ2) is 8.18. The van der Waals surface area contributed by atoms with Gasteiger partial charge < -0.3 is 10.6 Å². The molecule has 1 aliphatic heterocycles. The lowest BCUT2D eigenvalue weighted by Gasteiger charge is -2.17. The maximum atomic E-state index is 12.3. The summed E-state index contributed by atoms with van der Waals surface area (Å²) < 4.78 is 62.7. The van der Waals surface area contributed by atoms with Gasteiger partial charge in [0, 0.05) is 0 Å². The molecular formula is C13H18ClF3N2O3S. The van der Waals surface area contributed by atoms with Crippen molar-refractivity contribution in [1.82, 2.24) is 5.32 Å². The van der Waals surface area contributed by atoms with Gasteiger partial charge in [0.25, 0.3) is 10.1 Å². The van der Waals surface area contributed by atoms with E-state index in [2.05, 4.69) is 10.6 Å². The summed E-state index contributed by atoms with van der Waals surface area (Å²) in [5, 5.41) is 5.99. The Labute approximate surface area is 138 Å². The first-order valence-electron chi connectivity index (χ1n) is 6.71. The van der Waals surface area contributed by atoms with Gasteiger partial charge in [-0.3, -0.25) is 4.55 Å². The topological polar surface area (TPSA) is 78.4 Å². The molecular weight excluding hydrogens is 357 g/mol. The largest absolute Gasteiger partial charge is 0.405 e. The first-order valence-corrected chi connectivity index (χ1v) is 8.94. The molecule has 1 heterocycles. The van der Waals surface area contributed by atoms with Gasteiger partial charge in [0.05, 0.1) is 17.0 Å². The van der Waals surface area contributed by atoms with E-state index in [4.69, 9.17) is 16.2 Å². The molecule has 0 radical (unpaired) electrons. The Bertz CT molecular complexity index is 628. The Morgan fingerprint density at radius 1 is 1.30 bits per heavy atom. The van der Waals surface area contributed by atoms with E-state index >= 15 is 0 Å². The summed E-state index contributed by atoms with van der Waals surface area (Å²) in [7, 11) is -3.67. The highest BCUT2D eigenvalue weighted by Crippen LogP contribution is 2.31. The number of fused-ring (bicyclic) bond motifs is 1. The molecule has 2 rings (SSSR count). The molecule has 0 saturated heterocycles. The van der Waals surface area contributed by atoms with Crippen LogP contribution >= 0.6 is 11.6 Å². The van der Waals surface area contributed by atoms with Crippen LogP contribution in [0.2, 0.25) is 5.02 Å². The van der Waals surface area contributed by atoms with Gasteiger partial charge in [-0.2, -0.15) is 21.6 Å². The van der Waals surface area contributed by atoms with Crippen molar-refractivity contribution in [2.24, 2.45) is 0 Å². The van der Waals surface area contributed by atoms with Crippen molar-refractivity contribution in [2.75, 3.05) is 31.2 Å². The normalized spacial score (nSPS) is 15.0. The lowest BCUT2D eigenvalue weighted by atomic mass is 10.0. The molecule has 132 valence electrons. The first kappa shape index (κ1) is 20.0. The van der Waals surface area contributed by atoms with E-state index < -0.39 is 22.8 Å². The Balaban J connectivity index is 0.000000463. The lowest BCUT2D eigenvalue weighted by molar-refractivity contribution is -0.115. The predicted octanol–water partition coefficient (Wildman–Crippen LogP) is 2.51. The molecule has 1 aliphatic rings. The van der Waals surface area contributed by atoms with Gasteiger partial charge in [0.1, 0.15) is 6.54 Å². The highest BCUT2D eigenvalue weighted by atomic mass is 35.5. The summed E-state index contributed by atoms with van der Waals surface area (Å²) in [6, 6.07) is 3.55. The number of halogens is 4. The number of anilines is 1. The molecule has 0 aromatic heterocycles. The van der Waals surface area contributed by atoms with Crippen molar-refractivity contribution in [3.63, 3.8) is 0 Å². The Morgan fingerprint density at radius 3 is 2.43 bits per heavy atom. The Hall–Kier alpha value is -1.03. The summed E-state index contributed by atoms with van der Waals surface area (Å²) in [4.78, 5) is 0. The zero-order valence-electron chi connectivity index (χ0n) is 12.4. The highest BCUT2D eigenvalue weighted by Gasteiger charge is 2.27. The maximum Gasteiger partial charge on any atom is 0.405 e. The Morgan fingerprint density at radius 2 is 1.87 bits per heavy atom. The van der Waals surface area contributed by atoms with E-state index in [1.165, 1.54) is 0 Å². The fraction of sp³-hybridized carbons (Fsp3) is 0.538. The predicted molar refractivity (Wildman–Crippen MR) is 83.7 cm³/mol. The van der Waals surface area contributed by atoms with Crippen molar-refractivity contribution in [3.8, 4) is 0 Å². The molecule has 0 bridgehead atoms. The van der Waals surface area contributed by atoms with Gasteiger partial charge in [0.15, 0.2) is 0 Å². The third-order valence-corrected chi connectivity index (χ3v) is 3.26. The maximum absolute atomic E-state index is 12.3. The minimum Gasteiger partial charge on any atom is -0.375 e. The molecule has 0 aliphatic carbocycles. The van der Waals surface area contributed by atoms with Crippen LogP contribution in [0.4, 0.5) is 18.9 Å². The van der Waals surface area contributed by atoms with Crippen LogP contribution in [-0.2, 0) is 23.0 Å². The van der Waals surface area contributed by atoms with Crippen LogP contribution in [0.25, 0.3) is 0 Å². The molecule has 0 atom stereocenters. The molecule has 0 amide bonds. The number of alkyl halides is 3. The highest BCUT2D eigenvalue weighted by molar-refractivity contribution is 7.85. The smallest absolute Gasteiger partial charge is 0.375 e. The van der Waals surface area contributed by atoms with Crippen LogP contribution in [-0.4, -0.2) is 45.0 Å². The summed E-state index contributed by atoms with van der Waals surface area (Å²) >= 11 is 5.99. The average molecular weight is 375 g/mol. The molecule has 0 saturated carbocycles. The summed E-state index contributed by atoms with van der Waals surface area (Å²) in [5.74, 6) is 0. The number of rotatable bonds is 2. The second-order valence-corrected chi connectivity index (χ2v) is 6.89. The van der Waals surface area contributed by atoms with Gasteiger partial charge in [-0.1, -0.05) is 17.7 Å². The minimum atomic E-state index is -4.24. The van der Waals surface area contributed by atoms with Crippen molar-refractivity contribution in [3.05, 3.63) is 28.3 Å². The first-order chi connectivity index (χ1) is 10.5. The van der Waals surface area contributed by atoms with Crippen LogP contribution in [0.15, 0.2) is 12.1 Å².